The maximum atomic E-state index is 13.1. The number of aromatic nitrogens is 2. The van der Waals surface area contributed by atoms with Crippen LogP contribution in [0.4, 0.5) is 0 Å². The highest BCUT2D eigenvalue weighted by atomic mass is 32.2. The average molecular weight is 404 g/mol. The van der Waals surface area contributed by atoms with Gasteiger partial charge < -0.3 is 4.42 Å². The Morgan fingerprint density at radius 1 is 1.22 bits per heavy atom. The van der Waals surface area contributed by atoms with Crippen molar-refractivity contribution in [2.75, 3.05) is 13.1 Å². The van der Waals surface area contributed by atoms with Crippen LogP contribution >= 0.6 is 11.3 Å². The molecule has 1 saturated heterocycles. The molecule has 1 fully saturated rings. The molecule has 0 N–H and O–H groups in total. The van der Waals surface area contributed by atoms with E-state index in [4.69, 9.17) is 4.42 Å². The highest BCUT2D eigenvalue weighted by molar-refractivity contribution is 7.89. The molecule has 0 aliphatic carbocycles. The fraction of sp³-hybridized carbons (Fsp3) is 0.368. The van der Waals surface area contributed by atoms with Crippen LogP contribution in [0.2, 0.25) is 0 Å². The van der Waals surface area contributed by atoms with Gasteiger partial charge in [0.15, 0.2) is 0 Å². The molecule has 0 spiro atoms. The lowest BCUT2D eigenvalue weighted by atomic mass is 10.00. The lowest BCUT2D eigenvalue weighted by Gasteiger charge is -2.30. The van der Waals surface area contributed by atoms with Gasteiger partial charge in [0.1, 0.15) is 0 Å². The molecule has 2 aromatic heterocycles. The number of hydrogen-bond donors (Lipinski definition) is 0. The molecule has 0 radical (unpaired) electrons. The zero-order valence-corrected chi connectivity index (χ0v) is 16.9. The predicted molar refractivity (Wildman–Crippen MR) is 104 cm³/mol. The minimum absolute atomic E-state index is 0.0841. The molecule has 4 rings (SSSR count). The number of aryl methyl sites for hydroxylation is 2. The summed E-state index contributed by atoms with van der Waals surface area (Å²) in [5, 5.41) is 12.2. The van der Waals surface area contributed by atoms with E-state index >= 15 is 0 Å². The third-order valence-corrected chi connectivity index (χ3v) is 7.60. The first-order chi connectivity index (χ1) is 12.9. The topological polar surface area (TPSA) is 76.3 Å². The number of sulfonamides is 1. The first kappa shape index (κ1) is 18.3. The number of rotatable bonds is 4. The minimum Gasteiger partial charge on any atom is -0.420 e. The summed E-state index contributed by atoms with van der Waals surface area (Å²) < 4.78 is 33.7. The van der Waals surface area contributed by atoms with Gasteiger partial charge in [-0.05, 0) is 49.8 Å². The van der Waals surface area contributed by atoms with Gasteiger partial charge >= 0.3 is 0 Å². The smallest absolute Gasteiger partial charge is 0.248 e. The van der Waals surface area contributed by atoms with E-state index in [1.807, 2.05) is 42.8 Å². The molecule has 1 unspecified atom stereocenters. The zero-order chi connectivity index (χ0) is 19.0. The van der Waals surface area contributed by atoms with Crippen molar-refractivity contribution in [3.8, 4) is 11.5 Å². The SMILES string of the molecule is Cc1ccc(S(=O)(=O)N2CCCC(c3nnc(-c4ccsc4)o3)C2)c(C)c1. The molecular weight excluding hydrogens is 382 g/mol. The summed E-state index contributed by atoms with van der Waals surface area (Å²) in [4.78, 5) is 0.373. The van der Waals surface area contributed by atoms with Crippen LogP contribution in [-0.2, 0) is 10.0 Å². The quantitative estimate of drug-likeness (QED) is 0.658. The lowest BCUT2D eigenvalue weighted by molar-refractivity contribution is 0.286. The Kier molecular flexibility index (Phi) is 4.88. The van der Waals surface area contributed by atoms with Crippen LogP contribution in [0.1, 0.15) is 35.8 Å². The summed E-state index contributed by atoms with van der Waals surface area (Å²) in [5.41, 5.74) is 2.72. The van der Waals surface area contributed by atoms with E-state index in [1.165, 1.54) is 0 Å². The molecule has 1 aromatic carbocycles. The molecule has 1 aliphatic heterocycles. The van der Waals surface area contributed by atoms with Crippen LogP contribution in [0, 0.1) is 13.8 Å². The fourth-order valence-electron chi connectivity index (χ4n) is 3.49. The Morgan fingerprint density at radius 2 is 2.07 bits per heavy atom. The predicted octanol–water partition coefficient (Wildman–Crippen LogP) is 3.98. The Balaban J connectivity index is 1.57. The summed E-state index contributed by atoms with van der Waals surface area (Å²) in [5.74, 6) is 0.913. The Hall–Kier alpha value is -2.03. The number of benzene rings is 1. The van der Waals surface area contributed by atoms with Crippen LogP contribution in [0.15, 0.2) is 44.3 Å². The van der Waals surface area contributed by atoms with E-state index in [-0.39, 0.29) is 5.92 Å². The van der Waals surface area contributed by atoms with Crippen molar-refractivity contribution in [2.24, 2.45) is 0 Å². The first-order valence-corrected chi connectivity index (χ1v) is 11.3. The molecule has 0 saturated carbocycles. The monoisotopic (exact) mass is 403 g/mol. The molecule has 0 bridgehead atoms. The van der Waals surface area contributed by atoms with Crippen LogP contribution in [0.5, 0.6) is 0 Å². The maximum Gasteiger partial charge on any atom is 0.248 e. The Labute approximate surface area is 162 Å². The summed E-state index contributed by atoms with van der Waals surface area (Å²) >= 11 is 1.57. The molecule has 1 aliphatic rings. The summed E-state index contributed by atoms with van der Waals surface area (Å²) in [6.45, 7) is 4.67. The summed E-state index contributed by atoms with van der Waals surface area (Å²) in [7, 11) is -3.54. The second-order valence-corrected chi connectivity index (χ2v) is 9.62. The van der Waals surface area contributed by atoms with E-state index in [0.717, 1.165) is 29.5 Å². The molecular formula is C19H21N3O3S2. The fourth-order valence-corrected chi connectivity index (χ4v) is 5.85. The molecule has 3 heterocycles. The van der Waals surface area contributed by atoms with Crippen molar-refractivity contribution in [1.82, 2.24) is 14.5 Å². The van der Waals surface area contributed by atoms with E-state index in [1.54, 1.807) is 21.7 Å². The molecule has 8 heteroatoms. The van der Waals surface area contributed by atoms with E-state index in [2.05, 4.69) is 10.2 Å². The number of thiophene rings is 1. The molecule has 3 aromatic rings. The zero-order valence-electron chi connectivity index (χ0n) is 15.3. The van der Waals surface area contributed by atoms with Gasteiger partial charge in [-0.3, -0.25) is 0 Å². The average Bonchev–Trinajstić information content (AvgIpc) is 3.33. The standard InChI is InChI=1S/C19H21N3O3S2/c1-13-5-6-17(14(2)10-13)27(23,24)22-8-3-4-15(11-22)18-20-21-19(25-18)16-7-9-26-12-16/h5-7,9-10,12,15H,3-4,8,11H2,1-2H3. The number of piperidine rings is 1. The molecule has 27 heavy (non-hydrogen) atoms. The molecule has 0 amide bonds. The Bertz CT molecular complexity index is 1040. The third-order valence-electron chi connectivity index (χ3n) is 4.89. The summed E-state index contributed by atoms with van der Waals surface area (Å²) in [6.07, 6.45) is 1.61. The van der Waals surface area contributed by atoms with Gasteiger partial charge in [0.25, 0.3) is 0 Å². The molecule has 142 valence electrons. The van der Waals surface area contributed by atoms with E-state index < -0.39 is 10.0 Å². The highest BCUT2D eigenvalue weighted by Gasteiger charge is 2.34. The second kappa shape index (κ2) is 7.18. The highest BCUT2D eigenvalue weighted by Crippen LogP contribution is 2.32. The van der Waals surface area contributed by atoms with E-state index in [9.17, 15) is 8.42 Å². The van der Waals surface area contributed by atoms with Crippen molar-refractivity contribution in [3.05, 3.63) is 52.0 Å². The molecule has 6 nitrogen and oxygen atoms in total. The van der Waals surface area contributed by atoms with Crippen LogP contribution < -0.4 is 0 Å². The van der Waals surface area contributed by atoms with Crippen molar-refractivity contribution >= 4 is 21.4 Å². The van der Waals surface area contributed by atoms with Crippen LogP contribution in [0.3, 0.4) is 0 Å². The molecule has 1 atom stereocenters. The van der Waals surface area contributed by atoms with Gasteiger partial charge in [0, 0.05) is 24.0 Å². The van der Waals surface area contributed by atoms with Crippen molar-refractivity contribution in [2.45, 2.75) is 37.5 Å². The maximum absolute atomic E-state index is 13.1. The van der Waals surface area contributed by atoms with Crippen molar-refractivity contribution in [3.63, 3.8) is 0 Å². The van der Waals surface area contributed by atoms with Gasteiger partial charge in [-0.1, -0.05) is 17.7 Å². The van der Waals surface area contributed by atoms with Gasteiger partial charge in [-0.15, -0.1) is 10.2 Å². The lowest BCUT2D eigenvalue weighted by Crippen LogP contribution is -2.39. The summed E-state index contributed by atoms with van der Waals surface area (Å²) in [6, 6.07) is 7.37. The van der Waals surface area contributed by atoms with Gasteiger partial charge in [-0.25, -0.2) is 8.42 Å². The Morgan fingerprint density at radius 3 is 2.81 bits per heavy atom. The van der Waals surface area contributed by atoms with E-state index in [0.29, 0.717) is 29.8 Å². The minimum atomic E-state index is -3.54. The van der Waals surface area contributed by atoms with Crippen LogP contribution in [-0.4, -0.2) is 36.0 Å². The number of nitrogens with zero attached hydrogens (tertiary/aromatic N) is 3. The van der Waals surface area contributed by atoms with Gasteiger partial charge in [0.2, 0.25) is 21.8 Å². The van der Waals surface area contributed by atoms with Gasteiger partial charge in [-0.2, -0.15) is 15.6 Å². The first-order valence-electron chi connectivity index (χ1n) is 8.88. The van der Waals surface area contributed by atoms with Crippen LogP contribution in [0.25, 0.3) is 11.5 Å². The normalized spacial score (nSPS) is 18.7. The third kappa shape index (κ3) is 3.56. The number of hydrogen-bond acceptors (Lipinski definition) is 6. The largest absolute Gasteiger partial charge is 0.420 e. The van der Waals surface area contributed by atoms with Crippen molar-refractivity contribution in [1.29, 1.82) is 0 Å². The van der Waals surface area contributed by atoms with Gasteiger partial charge in [0.05, 0.1) is 10.8 Å². The second-order valence-electron chi connectivity index (χ2n) is 6.93. The van der Waals surface area contributed by atoms with Crippen molar-refractivity contribution < 1.29 is 12.8 Å².